The topological polar surface area (TPSA) is 75.6 Å². The van der Waals surface area contributed by atoms with Crippen LogP contribution in [0, 0.1) is 11.8 Å². The molecule has 2 N–H and O–H groups in total. The van der Waals surface area contributed by atoms with Gasteiger partial charge in [0.2, 0.25) is 5.91 Å². The standard InChI is InChI=1S/C15H17F2NO4/c16-15(17)22-12-6-2-5-11(8-12)18-13(19)9-3-1-4-10(7-9)14(20)21/h2,5-6,8-10,15H,1,3-4,7H2,(H,18,19)(H,20,21). The van der Waals surface area contributed by atoms with Gasteiger partial charge in [-0.05, 0) is 31.4 Å². The van der Waals surface area contributed by atoms with E-state index < -0.39 is 18.5 Å². The Bertz CT molecular complexity index is 550. The Morgan fingerprint density at radius 2 is 2.00 bits per heavy atom. The van der Waals surface area contributed by atoms with Gasteiger partial charge in [-0.2, -0.15) is 8.78 Å². The molecule has 0 saturated heterocycles. The van der Waals surface area contributed by atoms with Crippen LogP contribution in [0.3, 0.4) is 0 Å². The van der Waals surface area contributed by atoms with Crippen molar-refractivity contribution in [3.63, 3.8) is 0 Å². The van der Waals surface area contributed by atoms with Crippen LogP contribution in [-0.2, 0) is 9.59 Å². The summed E-state index contributed by atoms with van der Waals surface area (Å²) < 4.78 is 28.6. The monoisotopic (exact) mass is 313 g/mol. The fraction of sp³-hybridized carbons (Fsp3) is 0.467. The van der Waals surface area contributed by atoms with E-state index in [4.69, 9.17) is 5.11 Å². The second kappa shape index (κ2) is 7.20. The van der Waals surface area contributed by atoms with Crippen LogP contribution >= 0.6 is 0 Å². The minimum Gasteiger partial charge on any atom is -0.481 e. The van der Waals surface area contributed by atoms with Crippen LogP contribution in [-0.4, -0.2) is 23.6 Å². The maximum Gasteiger partial charge on any atom is 0.387 e. The fourth-order valence-corrected chi connectivity index (χ4v) is 2.65. The van der Waals surface area contributed by atoms with Gasteiger partial charge < -0.3 is 15.2 Å². The lowest BCUT2D eigenvalue weighted by molar-refractivity contribution is -0.143. The van der Waals surface area contributed by atoms with Crippen LogP contribution in [0.25, 0.3) is 0 Å². The fourth-order valence-electron chi connectivity index (χ4n) is 2.65. The Balaban J connectivity index is 1.98. The molecule has 1 fully saturated rings. The van der Waals surface area contributed by atoms with E-state index in [1.54, 1.807) is 6.07 Å². The molecule has 1 aliphatic carbocycles. The van der Waals surface area contributed by atoms with E-state index in [0.717, 1.165) is 0 Å². The zero-order valence-electron chi connectivity index (χ0n) is 11.8. The number of hydrogen-bond donors (Lipinski definition) is 2. The molecule has 0 radical (unpaired) electrons. The first-order chi connectivity index (χ1) is 10.5. The summed E-state index contributed by atoms with van der Waals surface area (Å²) in [6, 6.07) is 5.73. The van der Waals surface area contributed by atoms with Crippen molar-refractivity contribution < 1.29 is 28.2 Å². The number of amides is 1. The van der Waals surface area contributed by atoms with E-state index in [2.05, 4.69) is 10.1 Å². The van der Waals surface area contributed by atoms with Gasteiger partial charge in [0, 0.05) is 17.7 Å². The molecular weight excluding hydrogens is 296 g/mol. The first-order valence-corrected chi connectivity index (χ1v) is 7.04. The molecular formula is C15H17F2NO4. The lowest BCUT2D eigenvalue weighted by Crippen LogP contribution is -2.30. The minimum atomic E-state index is -2.93. The Labute approximate surface area is 126 Å². The van der Waals surface area contributed by atoms with Crippen LogP contribution in [0.4, 0.5) is 14.5 Å². The second-order valence-electron chi connectivity index (χ2n) is 5.29. The highest BCUT2D eigenvalue weighted by molar-refractivity contribution is 5.93. The van der Waals surface area contributed by atoms with Gasteiger partial charge in [-0.25, -0.2) is 0 Å². The molecule has 1 saturated carbocycles. The number of rotatable bonds is 5. The average Bonchev–Trinajstić information content (AvgIpc) is 2.47. The summed E-state index contributed by atoms with van der Waals surface area (Å²) >= 11 is 0. The van der Waals surface area contributed by atoms with Crippen molar-refractivity contribution in [2.75, 3.05) is 5.32 Å². The first-order valence-electron chi connectivity index (χ1n) is 7.04. The smallest absolute Gasteiger partial charge is 0.387 e. The van der Waals surface area contributed by atoms with E-state index in [9.17, 15) is 18.4 Å². The van der Waals surface area contributed by atoms with Gasteiger partial charge in [-0.15, -0.1) is 0 Å². The lowest BCUT2D eigenvalue weighted by atomic mass is 9.81. The molecule has 0 heterocycles. The highest BCUT2D eigenvalue weighted by Gasteiger charge is 2.31. The van der Waals surface area contributed by atoms with Crippen molar-refractivity contribution >= 4 is 17.6 Å². The summed E-state index contributed by atoms with van der Waals surface area (Å²) in [6.07, 6.45) is 2.19. The molecule has 1 aliphatic rings. The summed E-state index contributed by atoms with van der Waals surface area (Å²) in [4.78, 5) is 23.2. The van der Waals surface area contributed by atoms with Crippen molar-refractivity contribution in [3.8, 4) is 5.75 Å². The molecule has 0 aromatic heterocycles. The number of hydrogen-bond acceptors (Lipinski definition) is 3. The number of carboxylic acid groups (broad SMARTS) is 1. The van der Waals surface area contributed by atoms with E-state index in [-0.39, 0.29) is 17.6 Å². The molecule has 1 aromatic carbocycles. The van der Waals surface area contributed by atoms with Gasteiger partial charge in [0.25, 0.3) is 0 Å². The van der Waals surface area contributed by atoms with Crippen molar-refractivity contribution in [1.29, 1.82) is 0 Å². The van der Waals surface area contributed by atoms with Crippen molar-refractivity contribution in [2.45, 2.75) is 32.3 Å². The van der Waals surface area contributed by atoms with E-state index in [1.807, 2.05) is 0 Å². The SMILES string of the molecule is O=C(O)C1CCCC(C(=O)Nc2cccc(OC(F)F)c2)C1. The van der Waals surface area contributed by atoms with Gasteiger partial charge in [0.05, 0.1) is 5.92 Å². The minimum absolute atomic E-state index is 0.0418. The predicted molar refractivity (Wildman–Crippen MR) is 74.8 cm³/mol. The molecule has 5 nitrogen and oxygen atoms in total. The van der Waals surface area contributed by atoms with Crippen molar-refractivity contribution in [2.24, 2.45) is 11.8 Å². The number of alkyl halides is 2. The summed E-state index contributed by atoms with van der Waals surface area (Å²) in [5.74, 6) is -2.10. The number of carbonyl (C=O) groups excluding carboxylic acids is 1. The zero-order valence-corrected chi connectivity index (χ0v) is 11.8. The summed E-state index contributed by atoms with van der Waals surface area (Å²) in [5.41, 5.74) is 0.348. The van der Waals surface area contributed by atoms with E-state index >= 15 is 0 Å². The van der Waals surface area contributed by atoms with Crippen LogP contribution in [0.1, 0.15) is 25.7 Å². The highest BCUT2D eigenvalue weighted by atomic mass is 19.3. The van der Waals surface area contributed by atoms with Gasteiger partial charge >= 0.3 is 12.6 Å². The maximum atomic E-state index is 12.2. The number of ether oxygens (including phenoxy) is 1. The quantitative estimate of drug-likeness (QED) is 0.876. The lowest BCUT2D eigenvalue weighted by Gasteiger charge is -2.25. The Hall–Kier alpha value is -2.18. The summed E-state index contributed by atoms with van der Waals surface area (Å²) in [5, 5.41) is 11.7. The van der Waals surface area contributed by atoms with Gasteiger partial charge in [-0.3, -0.25) is 9.59 Å². The van der Waals surface area contributed by atoms with Crippen LogP contribution < -0.4 is 10.1 Å². The van der Waals surface area contributed by atoms with Crippen molar-refractivity contribution in [1.82, 2.24) is 0 Å². The Morgan fingerprint density at radius 1 is 1.27 bits per heavy atom. The van der Waals surface area contributed by atoms with Crippen LogP contribution in [0.2, 0.25) is 0 Å². The molecule has 120 valence electrons. The van der Waals surface area contributed by atoms with Gasteiger partial charge in [0.15, 0.2) is 0 Å². The Morgan fingerprint density at radius 3 is 2.68 bits per heavy atom. The number of carboxylic acids is 1. The number of halogens is 2. The molecule has 0 spiro atoms. The summed E-state index contributed by atoms with van der Waals surface area (Å²) in [7, 11) is 0. The summed E-state index contributed by atoms with van der Waals surface area (Å²) in [6.45, 7) is -2.93. The molecule has 0 bridgehead atoms. The third-order valence-electron chi connectivity index (χ3n) is 3.72. The molecule has 2 unspecified atom stereocenters. The van der Waals surface area contributed by atoms with Gasteiger partial charge in [-0.1, -0.05) is 12.5 Å². The number of anilines is 1. The molecule has 1 aromatic rings. The molecule has 7 heteroatoms. The average molecular weight is 313 g/mol. The third kappa shape index (κ3) is 4.41. The normalized spacial score (nSPS) is 21.4. The number of nitrogens with one attached hydrogen (secondary N) is 1. The van der Waals surface area contributed by atoms with Crippen LogP contribution in [0.5, 0.6) is 5.75 Å². The molecule has 2 rings (SSSR count). The molecule has 22 heavy (non-hydrogen) atoms. The number of aliphatic carboxylic acids is 1. The maximum absolute atomic E-state index is 12.2. The Kier molecular flexibility index (Phi) is 5.30. The number of benzene rings is 1. The van der Waals surface area contributed by atoms with Gasteiger partial charge in [0.1, 0.15) is 5.75 Å². The predicted octanol–water partition coefficient (Wildman–Crippen LogP) is 3.12. The highest BCUT2D eigenvalue weighted by Crippen LogP contribution is 2.30. The van der Waals surface area contributed by atoms with E-state index in [0.29, 0.717) is 31.4 Å². The zero-order chi connectivity index (χ0) is 16.1. The van der Waals surface area contributed by atoms with Crippen molar-refractivity contribution in [3.05, 3.63) is 24.3 Å². The third-order valence-corrected chi connectivity index (χ3v) is 3.72. The molecule has 1 amide bonds. The molecule has 2 atom stereocenters. The molecule has 0 aliphatic heterocycles. The number of carbonyl (C=O) groups is 2. The van der Waals surface area contributed by atoms with Crippen LogP contribution in [0.15, 0.2) is 24.3 Å². The largest absolute Gasteiger partial charge is 0.481 e. The first kappa shape index (κ1) is 16.2. The second-order valence-corrected chi connectivity index (χ2v) is 5.29. The van der Waals surface area contributed by atoms with E-state index in [1.165, 1.54) is 18.2 Å².